The van der Waals surface area contributed by atoms with Crippen molar-refractivity contribution in [1.29, 1.82) is 0 Å². The number of benzene rings is 1. The molecule has 2 fully saturated rings. The summed E-state index contributed by atoms with van der Waals surface area (Å²) in [4.78, 5) is 16.5. The van der Waals surface area contributed by atoms with Gasteiger partial charge in [-0.25, -0.2) is 0 Å². The molecule has 2 unspecified atom stereocenters. The lowest BCUT2D eigenvalue weighted by Crippen LogP contribution is -2.40. The van der Waals surface area contributed by atoms with E-state index in [1.54, 1.807) is 0 Å². The van der Waals surface area contributed by atoms with E-state index in [9.17, 15) is 0 Å². The summed E-state index contributed by atoms with van der Waals surface area (Å²) in [6.07, 6.45) is 10.8. The molecule has 2 aliphatic rings. The third-order valence-electron chi connectivity index (χ3n) is 7.47. The smallest absolute Gasteiger partial charge is 0.233 e. The van der Waals surface area contributed by atoms with E-state index in [0.717, 1.165) is 50.3 Å². The third-order valence-corrected chi connectivity index (χ3v) is 7.77. The predicted octanol–water partition coefficient (Wildman–Crippen LogP) is 6.19. The molecule has 9 heteroatoms. The van der Waals surface area contributed by atoms with Crippen molar-refractivity contribution in [3.8, 4) is 0 Å². The molecule has 2 aromatic rings. The lowest BCUT2D eigenvalue weighted by atomic mass is 10.0. The third kappa shape index (κ3) is 7.13. The van der Waals surface area contributed by atoms with E-state index in [2.05, 4.69) is 53.0 Å². The first-order valence-electron chi connectivity index (χ1n) is 13.9. The van der Waals surface area contributed by atoms with Crippen LogP contribution in [0.2, 0.25) is 5.02 Å². The van der Waals surface area contributed by atoms with Crippen LogP contribution < -0.4 is 26.2 Å². The number of hydrogen-bond donors (Lipinski definition) is 4. The molecule has 1 aromatic heterocycles. The zero-order chi connectivity index (χ0) is 25.3. The number of rotatable bonds is 11. The molecule has 0 radical (unpaired) electrons. The summed E-state index contributed by atoms with van der Waals surface area (Å²) in [6, 6.07) is 7.15. The number of nitrogens with zero attached hydrogens (tertiary/aromatic N) is 4. The van der Waals surface area contributed by atoms with E-state index in [4.69, 9.17) is 26.6 Å². The van der Waals surface area contributed by atoms with Gasteiger partial charge in [-0.3, -0.25) is 0 Å². The second kappa shape index (κ2) is 13.3. The van der Waals surface area contributed by atoms with Gasteiger partial charge in [-0.15, -0.1) is 0 Å². The second-order valence-electron chi connectivity index (χ2n) is 9.96. The molecule has 4 rings (SSSR count). The van der Waals surface area contributed by atoms with Gasteiger partial charge in [-0.2, -0.15) is 15.0 Å². The average molecular weight is 515 g/mol. The molecule has 0 spiro atoms. The van der Waals surface area contributed by atoms with E-state index in [1.807, 2.05) is 12.1 Å². The van der Waals surface area contributed by atoms with E-state index in [0.29, 0.717) is 35.0 Å². The Balaban J connectivity index is 1.56. The fourth-order valence-electron chi connectivity index (χ4n) is 5.41. The number of nitrogens with one attached hydrogen (secondary N) is 4. The lowest BCUT2D eigenvalue weighted by molar-refractivity contribution is 0.496. The molecule has 198 valence electrons. The Labute approximate surface area is 221 Å². The topological polar surface area (TPSA) is 90.0 Å². The van der Waals surface area contributed by atoms with Crippen molar-refractivity contribution in [1.82, 2.24) is 20.3 Å². The second-order valence-corrected chi connectivity index (χ2v) is 10.4. The first kappa shape index (κ1) is 26.7. The summed E-state index contributed by atoms with van der Waals surface area (Å²) in [6.45, 7) is 9.39. The Bertz CT molecular complexity index is 953. The highest BCUT2D eigenvalue weighted by molar-refractivity contribution is 6.33. The van der Waals surface area contributed by atoms with E-state index in [-0.39, 0.29) is 6.04 Å². The van der Waals surface area contributed by atoms with Crippen molar-refractivity contribution in [2.45, 2.75) is 96.7 Å². The summed E-state index contributed by atoms with van der Waals surface area (Å²) in [5.41, 5.74) is 1.90. The van der Waals surface area contributed by atoms with E-state index in [1.165, 1.54) is 38.5 Å². The molecule has 1 aliphatic heterocycles. The molecular formula is C27H43ClN8. The van der Waals surface area contributed by atoms with Crippen LogP contribution >= 0.6 is 11.6 Å². The maximum Gasteiger partial charge on any atom is 0.233 e. The first-order chi connectivity index (χ1) is 17.6. The average Bonchev–Trinajstić information content (AvgIpc) is 3.29. The van der Waals surface area contributed by atoms with Crippen LogP contribution in [0.4, 0.5) is 29.2 Å². The normalized spacial score (nSPS) is 19.5. The van der Waals surface area contributed by atoms with Gasteiger partial charge in [0.1, 0.15) is 0 Å². The minimum atomic E-state index is 0.274. The molecule has 2 heterocycles. The molecule has 0 amide bonds. The highest BCUT2D eigenvalue weighted by Crippen LogP contribution is 2.30. The highest BCUT2D eigenvalue weighted by Gasteiger charge is 2.24. The standard InChI is InChI=1S/C27H43ClN8/c1-4-22(23-14-11-17-29-23)32-27-34-25(30-19-12-9-7-8-10-13-19)33-26(35-27)31-20-15-16-24(21(28)18-20)36(5-2)6-3/h15-16,18-19,22-23,29H,4-14,17H2,1-3H3,(H3,30,31,32,33,34,35). The minimum absolute atomic E-state index is 0.274. The fraction of sp³-hybridized carbons (Fsp3) is 0.667. The number of halogens is 1. The molecule has 1 aromatic carbocycles. The van der Waals surface area contributed by atoms with Crippen LogP contribution in [0, 0.1) is 0 Å². The summed E-state index contributed by atoms with van der Waals surface area (Å²) in [5.74, 6) is 1.75. The van der Waals surface area contributed by atoms with Crippen molar-refractivity contribution in [3.05, 3.63) is 23.2 Å². The monoisotopic (exact) mass is 514 g/mol. The van der Waals surface area contributed by atoms with Gasteiger partial charge < -0.3 is 26.2 Å². The summed E-state index contributed by atoms with van der Waals surface area (Å²) >= 11 is 6.65. The van der Waals surface area contributed by atoms with Crippen LogP contribution in [-0.2, 0) is 0 Å². The van der Waals surface area contributed by atoms with Gasteiger partial charge in [0.2, 0.25) is 17.8 Å². The van der Waals surface area contributed by atoms with Crippen molar-refractivity contribution in [3.63, 3.8) is 0 Å². The first-order valence-corrected chi connectivity index (χ1v) is 14.3. The van der Waals surface area contributed by atoms with Crippen molar-refractivity contribution in [2.75, 3.05) is 40.5 Å². The van der Waals surface area contributed by atoms with Crippen LogP contribution in [0.15, 0.2) is 18.2 Å². The lowest BCUT2D eigenvalue weighted by Gasteiger charge is -2.24. The van der Waals surface area contributed by atoms with Crippen LogP contribution in [0.25, 0.3) is 0 Å². The zero-order valence-electron chi connectivity index (χ0n) is 22.1. The van der Waals surface area contributed by atoms with Gasteiger partial charge in [0.25, 0.3) is 0 Å². The largest absolute Gasteiger partial charge is 0.371 e. The summed E-state index contributed by atoms with van der Waals surface area (Å²) in [5, 5.41) is 14.9. The van der Waals surface area contributed by atoms with Gasteiger partial charge in [-0.05, 0) is 70.7 Å². The predicted molar refractivity (Wildman–Crippen MR) is 152 cm³/mol. The Kier molecular flexibility index (Phi) is 9.87. The minimum Gasteiger partial charge on any atom is -0.371 e. The molecule has 1 aliphatic carbocycles. The molecule has 2 atom stereocenters. The summed E-state index contributed by atoms with van der Waals surface area (Å²) in [7, 11) is 0. The van der Waals surface area contributed by atoms with Crippen LogP contribution in [0.1, 0.15) is 78.6 Å². The quantitative estimate of drug-likeness (QED) is 0.264. The number of hydrogen-bond acceptors (Lipinski definition) is 8. The van der Waals surface area contributed by atoms with Crippen molar-refractivity contribution >= 4 is 40.8 Å². The highest BCUT2D eigenvalue weighted by atomic mass is 35.5. The van der Waals surface area contributed by atoms with Crippen LogP contribution in [-0.4, -0.2) is 52.7 Å². The van der Waals surface area contributed by atoms with Crippen LogP contribution in [0.3, 0.4) is 0 Å². The maximum atomic E-state index is 6.65. The van der Waals surface area contributed by atoms with E-state index >= 15 is 0 Å². The molecule has 1 saturated heterocycles. The maximum absolute atomic E-state index is 6.65. The Morgan fingerprint density at radius 1 is 0.944 bits per heavy atom. The Hall–Kier alpha value is -2.32. The molecule has 8 nitrogen and oxygen atoms in total. The molecule has 1 saturated carbocycles. The Morgan fingerprint density at radius 3 is 2.31 bits per heavy atom. The zero-order valence-corrected chi connectivity index (χ0v) is 22.9. The van der Waals surface area contributed by atoms with Gasteiger partial charge in [0, 0.05) is 36.9 Å². The molecule has 4 N–H and O–H groups in total. The Morgan fingerprint density at radius 2 is 1.67 bits per heavy atom. The van der Waals surface area contributed by atoms with Gasteiger partial charge in [-0.1, -0.05) is 44.2 Å². The van der Waals surface area contributed by atoms with Crippen LogP contribution in [0.5, 0.6) is 0 Å². The van der Waals surface area contributed by atoms with Gasteiger partial charge in [0.15, 0.2) is 0 Å². The molecule has 36 heavy (non-hydrogen) atoms. The molecular weight excluding hydrogens is 472 g/mol. The van der Waals surface area contributed by atoms with Gasteiger partial charge >= 0.3 is 0 Å². The summed E-state index contributed by atoms with van der Waals surface area (Å²) < 4.78 is 0. The fourth-order valence-corrected chi connectivity index (χ4v) is 5.71. The number of anilines is 5. The van der Waals surface area contributed by atoms with E-state index < -0.39 is 0 Å². The van der Waals surface area contributed by atoms with Crippen molar-refractivity contribution < 1.29 is 0 Å². The van der Waals surface area contributed by atoms with Gasteiger partial charge in [0.05, 0.1) is 10.7 Å². The van der Waals surface area contributed by atoms with Crippen molar-refractivity contribution in [2.24, 2.45) is 0 Å². The SMILES string of the molecule is CCC(Nc1nc(Nc2ccc(N(CC)CC)c(Cl)c2)nc(NC2CCCCCC2)n1)C1CCCN1. The number of aromatic nitrogens is 3. The molecule has 0 bridgehead atoms.